The van der Waals surface area contributed by atoms with Crippen LogP contribution in [-0.2, 0) is 4.79 Å². The number of rotatable bonds is 5. The van der Waals surface area contributed by atoms with Crippen molar-refractivity contribution >= 4 is 5.91 Å². The largest absolute Gasteiger partial charge is 0.353 e. The summed E-state index contributed by atoms with van der Waals surface area (Å²) in [5.41, 5.74) is 5.28. The van der Waals surface area contributed by atoms with Crippen LogP contribution in [0.5, 0.6) is 0 Å². The SMILES string of the molecule is C/C=C/C(=O)NCCCCN. The molecule has 0 aliphatic carbocycles. The van der Waals surface area contributed by atoms with E-state index in [2.05, 4.69) is 5.32 Å². The Morgan fingerprint density at radius 1 is 1.55 bits per heavy atom. The first kappa shape index (κ1) is 10.2. The molecule has 0 heterocycles. The summed E-state index contributed by atoms with van der Waals surface area (Å²) in [6.07, 6.45) is 5.16. The van der Waals surface area contributed by atoms with Crippen LogP contribution in [0.25, 0.3) is 0 Å². The first-order valence-corrected chi connectivity index (χ1v) is 3.92. The van der Waals surface area contributed by atoms with Gasteiger partial charge in [-0.2, -0.15) is 0 Å². The van der Waals surface area contributed by atoms with Crippen molar-refractivity contribution in [3.8, 4) is 0 Å². The molecule has 0 aromatic carbocycles. The summed E-state index contributed by atoms with van der Waals surface area (Å²) in [4.78, 5) is 10.8. The predicted octanol–water partition coefficient (Wildman–Crippen LogP) is 0.418. The van der Waals surface area contributed by atoms with Crippen LogP contribution >= 0.6 is 0 Å². The first-order chi connectivity index (χ1) is 5.31. The average molecular weight is 156 g/mol. The molecule has 3 nitrogen and oxygen atoms in total. The summed E-state index contributed by atoms with van der Waals surface area (Å²) in [5, 5.41) is 2.74. The monoisotopic (exact) mass is 156 g/mol. The van der Waals surface area contributed by atoms with E-state index in [-0.39, 0.29) is 5.91 Å². The van der Waals surface area contributed by atoms with E-state index in [9.17, 15) is 4.79 Å². The number of amides is 1. The van der Waals surface area contributed by atoms with Gasteiger partial charge in [0.25, 0.3) is 0 Å². The van der Waals surface area contributed by atoms with Crippen LogP contribution in [0.1, 0.15) is 19.8 Å². The Bertz CT molecular complexity index is 132. The molecule has 0 saturated carbocycles. The zero-order valence-electron chi connectivity index (χ0n) is 6.97. The Labute approximate surface area is 67.7 Å². The van der Waals surface area contributed by atoms with Crippen molar-refractivity contribution in [2.45, 2.75) is 19.8 Å². The van der Waals surface area contributed by atoms with Gasteiger partial charge in [0.15, 0.2) is 0 Å². The van der Waals surface area contributed by atoms with Gasteiger partial charge < -0.3 is 11.1 Å². The normalized spacial score (nSPS) is 10.4. The van der Waals surface area contributed by atoms with Crippen molar-refractivity contribution in [2.24, 2.45) is 5.73 Å². The van der Waals surface area contributed by atoms with Crippen LogP contribution in [0.2, 0.25) is 0 Å². The molecule has 0 spiro atoms. The van der Waals surface area contributed by atoms with Crippen molar-refractivity contribution in [2.75, 3.05) is 13.1 Å². The molecule has 3 heteroatoms. The third kappa shape index (κ3) is 7.06. The zero-order chi connectivity index (χ0) is 8.53. The molecule has 64 valence electrons. The Balaban J connectivity index is 3.17. The maximum absolute atomic E-state index is 10.8. The molecule has 11 heavy (non-hydrogen) atoms. The Morgan fingerprint density at radius 2 is 2.27 bits per heavy atom. The topological polar surface area (TPSA) is 55.1 Å². The number of nitrogens with two attached hydrogens (primary N) is 1. The predicted molar refractivity (Wildman–Crippen MR) is 46.1 cm³/mol. The van der Waals surface area contributed by atoms with Gasteiger partial charge >= 0.3 is 0 Å². The van der Waals surface area contributed by atoms with E-state index in [4.69, 9.17) is 5.73 Å². The lowest BCUT2D eigenvalue weighted by atomic mass is 10.3. The van der Waals surface area contributed by atoms with Crippen molar-refractivity contribution in [3.63, 3.8) is 0 Å². The van der Waals surface area contributed by atoms with Gasteiger partial charge in [-0.1, -0.05) is 6.08 Å². The second-order valence-corrected chi connectivity index (χ2v) is 2.29. The number of carbonyl (C=O) groups is 1. The minimum atomic E-state index is -0.0236. The fraction of sp³-hybridized carbons (Fsp3) is 0.625. The number of allylic oxidation sites excluding steroid dienone is 1. The maximum Gasteiger partial charge on any atom is 0.243 e. The number of hydrogen-bond acceptors (Lipinski definition) is 2. The van der Waals surface area contributed by atoms with Gasteiger partial charge in [0.2, 0.25) is 5.91 Å². The van der Waals surface area contributed by atoms with Crippen LogP contribution < -0.4 is 11.1 Å². The highest BCUT2D eigenvalue weighted by molar-refractivity contribution is 5.87. The maximum atomic E-state index is 10.8. The molecule has 0 bridgehead atoms. The van der Waals surface area contributed by atoms with Crippen LogP contribution in [0, 0.1) is 0 Å². The lowest BCUT2D eigenvalue weighted by molar-refractivity contribution is -0.116. The second-order valence-electron chi connectivity index (χ2n) is 2.29. The molecule has 0 saturated heterocycles. The van der Waals surface area contributed by atoms with E-state index >= 15 is 0 Å². The van der Waals surface area contributed by atoms with Crippen LogP contribution in [0.4, 0.5) is 0 Å². The summed E-state index contributed by atoms with van der Waals surface area (Å²) in [6, 6.07) is 0. The van der Waals surface area contributed by atoms with E-state index in [1.165, 1.54) is 6.08 Å². The van der Waals surface area contributed by atoms with Gasteiger partial charge in [-0.25, -0.2) is 0 Å². The van der Waals surface area contributed by atoms with E-state index in [0.29, 0.717) is 6.54 Å². The summed E-state index contributed by atoms with van der Waals surface area (Å²) in [5.74, 6) is -0.0236. The van der Waals surface area contributed by atoms with Gasteiger partial charge in [0, 0.05) is 6.54 Å². The first-order valence-electron chi connectivity index (χ1n) is 3.92. The lowest BCUT2D eigenvalue weighted by Crippen LogP contribution is -2.22. The molecule has 3 N–H and O–H groups in total. The molecule has 0 aromatic heterocycles. The van der Waals surface area contributed by atoms with Gasteiger partial charge in [0.1, 0.15) is 0 Å². The van der Waals surface area contributed by atoms with Gasteiger partial charge in [-0.15, -0.1) is 0 Å². The van der Waals surface area contributed by atoms with Gasteiger partial charge in [0.05, 0.1) is 0 Å². The fourth-order valence-electron chi connectivity index (χ4n) is 0.691. The fourth-order valence-corrected chi connectivity index (χ4v) is 0.691. The zero-order valence-corrected chi connectivity index (χ0v) is 6.97. The summed E-state index contributed by atoms with van der Waals surface area (Å²) >= 11 is 0. The molecule has 1 amide bonds. The van der Waals surface area contributed by atoms with Crippen molar-refractivity contribution in [1.82, 2.24) is 5.32 Å². The molecule has 0 unspecified atom stereocenters. The molecular weight excluding hydrogens is 140 g/mol. The third-order valence-electron chi connectivity index (χ3n) is 1.25. The standard InChI is InChI=1S/C8H16N2O/c1-2-5-8(11)10-7-4-3-6-9/h2,5H,3-4,6-7,9H2,1H3,(H,10,11)/b5-2+. The molecule has 0 rings (SSSR count). The lowest BCUT2D eigenvalue weighted by Gasteiger charge is -1.99. The number of hydrogen-bond donors (Lipinski definition) is 2. The van der Waals surface area contributed by atoms with E-state index in [0.717, 1.165) is 19.4 Å². The average Bonchev–Trinajstić information content (AvgIpc) is 1.99. The molecule has 0 atom stereocenters. The molecule has 0 fully saturated rings. The Kier molecular flexibility index (Phi) is 6.73. The summed E-state index contributed by atoms with van der Waals surface area (Å²) < 4.78 is 0. The number of unbranched alkanes of at least 4 members (excludes halogenated alkanes) is 1. The van der Waals surface area contributed by atoms with Gasteiger partial charge in [-0.3, -0.25) is 4.79 Å². The Morgan fingerprint density at radius 3 is 2.82 bits per heavy atom. The molecular formula is C8H16N2O. The summed E-state index contributed by atoms with van der Waals surface area (Å²) in [7, 11) is 0. The van der Waals surface area contributed by atoms with Crippen molar-refractivity contribution < 1.29 is 4.79 Å². The van der Waals surface area contributed by atoms with Crippen LogP contribution in [-0.4, -0.2) is 19.0 Å². The van der Waals surface area contributed by atoms with E-state index in [1.54, 1.807) is 6.08 Å². The quantitative estimate of drug-likeness (QED) is 0.447. The molecule has 0 aliphatic heterocycles. The molecule has 0 aliphatic rings. The number of carbonyl (C=O) groups excluding carboxylic acids is 1. The smallest absolute Gasteiger partial charge is 0.243 e. The Hall–Kier alpha value is -0.830. The highest BCUT2D eigenvalue weighted by atomic mass is 16.1. The highest BCUT2D eigenvalue weighted by Crippen LogP contribution is 1.82. The summed E-state index contributed by atoms with van der Waals surface area (Å²) in [6.45, 7) is 3.24. The van der Waals surface area contributed by atoms with Crippen molar-refractivity contribution in [1.29, 1.82) is 0 Å². The van der Waals surface area contributed by atoms with E-state index < -0.39 is 0 Å². The molecule has 0 aromatic rings. The number of nitrogens with one attached hydrogen (secondary N) is 1. The van der Waals surface area contributed by atoms with Crippen molar-refractivity contribution in [3.05, 3.63) is 12.2 Å². The minimum absolute atomic E-state index is 0.0236. The third-order valence-corrected chi connectivity index (χ3v) is 1.25. The molecule has 0 radical (unpaired) electrons. The van der Waals surface area contributed by atoms with Crippen LogP contribution in [0.15, 0.2) is 12.2 Å². The minimum Gasteiger partial charge on any atom is -0.353 e. The highest BCUT2D eigenvalue weighted by Gasteiger charge is 1.91. The second kappa shape index (κ2) is 7.28. The van der Waals surface area contributed by atoms with E-state index in [1.807, 2.05) is 6.92 Å². The van der Waals surface area contributed by atoms with Gasteiger partial charge in [-0.05, 0) is 32.4 Å². The van der Waals surface area contributed by atoms with Crippen LogP contribution in [0.3, 0.4) is 0 Å².